The van der Waals surface area contributed by atoms with E-state index in [0.717, 1.165) is 54.6 Å². The lowest BCUT2D eigenvalue weighted by Gasteiger charge is -2.25. The molecule has 6 heteroatoms. The number of carbonyl (C=O) groups excluding carboxylic acids is 1. The normalized spacial score (nSPS) is 14.5. The van der Waals surface area contributed by atoms with E-state index >= 15 is 0 Å². The van der Waals surface area contributed by atoms with Crippen LogP contribution >= 0.6 is 0 Å². The number of benzene rings is 3. The Kier molecular flexibility index (Phi) is 9.43. The average Bonchev–Trinajstić information content (AvgIpc) is 3.49. The number of aromatic amines is 1. The van der Waals surface area contributed by atoms with Crippen molar-refractivity contribution in [2.75, 3.05) is 32.8 Å². The van der Waals surface area contributed by atoms with E-state index < -0.39 is 0 Å². The van der Waals surface area contributed by atoms with Crippen LogP contribution in [0.4, 0.5) is 0 Å². The number of allylic oxidation sites excluding steroid dienone is 1. The lowest BCUT2D eigenvalue weighted by atomic mass is 9.88. The number of nitrogens with one attached hydrogen (secondary N) is 2. The summed E-state index contributed by atoms with van der Waals surface area (Å²) in [5.74, 6) is 0.957. The summed E-state index contributed by atoms with van der Waals surface area (Å²) < 4.78 is 6.00. The van der Waals surface area contributed by atoms with Crippen LogP contribution in [0, 0.1) is 0 Å². The zero-order valence-corrected chi connectivity index (χ0v) is 23.2. The van der Waals surface area contributed by atoms with E-state index in [1.54, 1.807) is 6.08 Å². The van der Waals surface area contributed by atoms with Crippen LogP contribution in [0.15, 0.2) is 91.1 Å². The van der Waals surface area contributed by atoms with Crippen LogP contribution in [0.2, 0.25) is 0 Å². The largest absolute Gasteiger partial charge is 0.492 e. The van der Waals surface area contributed by atoms with E-state index in [-0.39, 0.29) is 5.91 Å². The number of ether oxygens (including phenoxy) is 1. The number of aromatic nitrogens is 2. The third-order valence-corrected chi connectivity index (χ3v) is 7.39. The molecule has 2 heterocycles. The fourth-order valence-electron chi connectivity index (χ4n) is 5.30. The second-order valence-electron chi connectivity index (χ2n) is 10.1. The number of piperidine rings is 1. The molecular weight excluding hydrogens is 496 g/mol. The lowest BCUT2D eigenvalue weighted by Crippen LogP contribution is -2.34. The Bertz CT molecular complexity index is 1450. The summed E-state index contributed by atoms with van der Waals surface area (Å²) in [6.45, 7) is 5.88. The van der Waals surface area contributed by atoms with E-state index in [1.165, 1.54) is 28.7 Å². The predicted octanol–water partition coefficient (Wildman–Crippen LogP) is 6.47. The number of H-pyrrole nitrogens is 1. The molecule has 0 aliphatic carbocycles. The molecule has 206 valence electrons. The highest BCUT2D eigenvalue weighted by Crippen LogP contribution is 2.36. The molecule has 2 N–H and O–H groups in total. The summed E-state index contributed by atoms with van der Waals surface area (Å²) in [7, 11) is 0. The molecule has 40 heavy (non-hydrogen) atoms. The summed E-state index contributed by atoms with van der Waals surface area (Å²) >= 11 is 0. The van der Waals surface area contributed by atoms with Gasteiger partial charge in [0.05, 0.1) is 11.7 Å². The molecular formula is C34H38N4O2. The number of amides is 1. The van der Waals surface area contributed by atoms with E-state index in [0.29, 0.717) is 19.7 Å². The first-order valence-corrected chi connectivity index (χ1v) is 14.3. The number of nitrogens with zero attached hydrogens (tertiary/aromatic N) is 2. The van der Waals surface area contributed by atoms with Gasteiger partial charge in [-0.3, -0.25) is 9.89 Å². The second kappa shape index (κ2) is 13.8. The summed E-state index contributed by atoms with van der Waals surface area (Å²) in [4.78, 5) is 14.1. The van der Waals surface area contributed by atoms with Gasteiger partial charge >= 0.3 is 0 Å². The Balaban J connectivity index is 1.23. The maximum absolute atomic E-state index is 12.2. The molecule has 1 saturated heterocycles. The molecule has 5 rings (SSSR count). The lowest BCUT2D eigenvalue weighted by molar-refractivity contribution is -0.126. The van der Waals surface area contributed by atoms with E-state index in [4.69, 9.17) is 4.74 Å². The van der Waals surface area contributed by atoms with Crippen molar-refractivity contribution in [3.63, 3.8) is 0 Å². The molecule has 6 nitrogen and oxygen atoms in total. The van der Waals surface area contributed by atoms with Gasteiger partial charge < -0.3 is 15.0 Å². The molecule has 3 aromatic carbocycles. The van der Waals surface area contributed by atoms with Gasteiger partial charge in [0.2, 0.25) is 5.91 Å². The fraction of sp³-hybridized carbons (Fsp3) is 0.294. The maximum Gasteiger partial charge on any atom is 0.246 e. The van der Waals surface area contributed by atoms with Crippen LogP contribution in [-0.4, -0.2) is 53.8 Å². The van der Waals surface area contributed by atoms with Crippen LogP contribution < -0.4 is 10.1 Å². The number of hydrogen-bond donors (Lipinski definition) is 2. The van der Waals surface area contributed by atoms with E-state index in [9.17, 15) is 4.79 Å². The Hall–Kier alpha value is -4.16. The smallest absolute Gasteiger partial charge is 0.246 e. The third-order valence-electron chi connectivity index (χ3n) is 7.39. The minimum atomic E-state index is 0.120. The predicted molar refractivity (Wildman–Crippen MR) is 163 cm³/mol. The zero-order chi connectivity index (χ0) is 27.6. The van der Waals surface area contributed by atoms with Crippen molar-refractivity contribution in [1.29, 1.82) is 0 Å². The number of rotatable bonds is 11. The molecule has 0 atom stereocenters. The quantitative estimate of drug-likeness (QED) is 0.131. The average molecular weight is 535 g/mol. The molecule has 1 aliphatic heterocycles. The molecule has 4 aromatic rings. The summed E-state index contributed by atoms with van der Waals surface area (Å²) in [5.41, 5.74) is 7.09. The highest BCUT2D eigenvalue weighted by atomic mass is 16.5. The first-order chi connectivity index (χ1) is 19.7. The van der Waals surface area contributed by atoms with Crippen LogP contribution in [0.3, 0.4) is 0 Å². The standard InChI is InChI=1S/C34H38N4O2/c1-2-31(26-10-5-3-6-11-26)34(28-15-18-32-29(24-28)25-36-37-32)27-13-16-30(17-14-27)40-23-20-35-19-9-12-33(39)38-21-7-4-8-22-38/h3,5-6,9-18,24-25,35H,2,4,7-8,19-23H2,1H3,(H,36,37)/b12-9+,34-31?. The van der Waals surface area contributed by atoms with Gasteiger partial charge in [-0.2, -0.15) is 5.10 Å². The van der Waals surface area contributed by atoms with Gasteiger partial charge in [0, 0.05) is 37.6 Å². The van der Waals surface area contributed by atoms with E-state index in [1.807, 2.05) is 29.3 Å². The van der Waals surface area contributed by atoms with Crippen molar-refractivity contribution in [2.45, 2.75) is 32.6 Å². The molecule has 0 unspecified atom stereocenters. The number of fused-ring (bicyclic) bond motifs is 1. The summed E-state index contributed by atoms with van der Waals surface area (Å²) in [6, 6.07) is 25.4. The highest BCUT2D eigenvalue weighted by molar-refractivity contribution is 6.00. The van der Waals surface area contributed by atoms with Crippen molar-refractivity contribution < 1.29 is 9.53 Å². The molecule has 1 fully saturated rings. The molecule has 0 saturated carbocycles. The molecule has 1 aromatic heterocycles. The minimum Gasteiger partial charge on any atom is -0.492 e. The van der Waals surface area contributed by atoms with Gasteiger partial charge in [0.25, 0.3) is 0 Å². The van der Waals surface area contributed by atoms with Gasteiger partial charge in [0.1, 0.15) is 12.4 Å². The van der Waals surface area contributed by atoms with Crippen LogP contribution in [0.25, 0.3) is 22.0 Å². The molecule has 0 bridgehead atoms. The Morgan fingerprint density at radius 2 is 1.75 bits per heavy atom. The monoisotopic (exact) mass is 534 g/mol. The first-order valence-electron chi connectivity index (χ1n) is 14.3. The SMILES string of the molecule is CCC(=C(c1ccc(OCCNC/C=C/C(=O)N2CCCCC2)cc1)c1ccc2[nH]ncc2c1)c1ccccc1. The summed E-state index contributed by atoms with van der Waals surface area (Å²) in [5, 5.41) is 11.7. The Morgan fingerprint density at radius 1 is 0.975 bits per heavy atom. The fourth-order valence-corrected chi connectivity index (χ4v) is 5.30. The van der Waals surface area contributed by atoms with Crippen LogP contribution in [-0.2, 0) is 4.79 Å². The van der Waals surface area contributed by atoms with E-state index in [2.05, 4.69) is 83.1 Å². The van der Waals surface area contributed by atoms with Crippen molar-refractivity contribution in [2.24, 2.45) is 0 Å². The number of likely N-dealkylation sites (tertiary alicyclic amines) is 1. The molecule has 0 radical (unpaired) electrons. The minimum absolute atomic E-state index is 0.120. The van der Waals surface area contributed by atoms with Crippen molar-refractivity contribution in [1.82, 2.24) is 20.4 Å². The maximum atomic E-state index is 12.2. The highest BCUT2D eigenvalue weighted by Gasteiger charge is 2.15. The van der Waals surface area contributed by atoms with Crippen molar-refractivity contribution in [3.05, 3.63) is 108 Å². The first kappa shape index (κ1) is 27.4. The van der Waals surface area contributed by atoms with Gasteiger partial charge in [0.15, 0.2) is 0 Å². The zero-order valence-electron chi connectivity index (χ0n) is 23.2. The topological polar surface area (TPSA) is 70.2 Å². The Morgan fingerprint density at radius 3 is 2.52 bits per heavy atom. The number of hydrogen-bond acceptors (Lipinski definition) is 4. The third kappa shape index (κ3) is 6.88. The molecule has 0 spiro atoms. The van der Waals surface area contributed by atoms with Gasteiger partial charge in [-0.25, -0.2) is 0 Å². The van der Waals surface area contributed by atoms with Gasteiger partial charge in [-0.05, 0) is 77.8 Å². The summed E-state index contributed by atoms with van der Waals surface area (Å²) in [6.07, 6.45) is 9.82. The van der Waals surface area contributed by atoms with Crippen molar-refractivity contribution >= 4 is 28.0 Å². The number of carbonyl (C=O) groups is 1. The van der Waals surface area contributed by atoms with Crippen molar-refractivity contribution in [3.8, 4) is 5.75 Å². The van der Waals surface area contributed by atoms with Gasteiger partial charge in [-0.1, -0.05) is 61.5 Å². The Labute approximate surface area is 236 Å². The molecule has 1 amide bonds. The van der Waals surface area contributed by atoms with Crippen LogP contribution in [0.1, 0.15) is 49.3 Å². The second-order valence-corrected chi connectivity index (χ2v) is 10.1. The molecule has 1 aliphatic rings. The van der Waals surface area contributed by atoms with Gasteiger partial charge in [-0.15, -0.1) is 0 Å². The van der Waals surface area contributed by atoms with Crippen LogP contribution in [0.5, 0.6) is 5.75 Å².